The van der Waals surface area contributed by atoms with Gasteiger partial charge < -0.3 is 64.7 Å². The van der Waals surface area contributed by atoms with Gasteiger partial charge in [-0.05, 0) is 225 Å². The summed E-state index contributed by atoms with van der Waals surface area (Å²) in [7, 11) is 0. The van der Waals surface area contributed by atoms with Crippen LogP contribution < -0.4 is 0 Å². The number of aromatic nitrogens is 3. The van der Waals surface area contributed by atoms with E-state index >= 15 is 0 Å². The van der Waals surface area contributed by atoms with Crippen LogP contribution in [0.15, 0.2) is 118 Å². The molecule has 3 aromatic heterocycles. The minimum absolute atomic E-state index is 0. The Balaban J connectivity index is 0.000000120. The number of aromatic amines is 3. The zero-order valence-corrected chi connectivity index (χ0v) is 59.0. The van der Waals surface area contributed by atoms with Crippen LogP contribution in [0.2, 0.25) is 0 Å². The molecular formula is C81H102FN5O11. The second-order valence-corrected chi connectivity index (χ2v) is 35.0. The first kappa shape index (κ1) is 66.3. The summed E-state index contributed by atoms with van der Waals surface area (Å²) in [4.78, 5) is 29.9. The fourth-order valence-corrected chi connectivity index (χ4v) is 23.9. The summed E-state index contributed by atoms with van der Waals surface area (Å²) in [5.41, 5.74) is 7.61. The van der Waals surface area contributed by atoms with E-state index in [1.54, 1.807) is 39.8 Å². The number of ether oxygens (including phenoxy) is 3. The predicted molar refractivity (Wildman–Crippen MR) is 377 cm³/mol. The number of oxime groups is 2. The summed E-state index contributed by atoms with van der Waals surface area (Å²) in [6.45, 7) is 24.5. The van der Waals surface area contributed by atoms with E-state index in [1.807, 2.05) is 13.8 Å². The average Bonchev–Trinajstić information content (AvgIpc) is 1.61. The van der Waals surface area contributed by atoms with Gasteiger partial charge in [0.1, 0.15) is 29.7 Å². The molecule has 6 fully saturated rings. The van der Waals surface area contributed by atoms with Crippen LogP contribution in [-0.4, -0.2) is 133 Å². The van der Waals surface area contributed by atoms with Crippen molar-refractivity contribution in [1.29, 1.82) is 0 Å². The van der Waals surface area contributed by atoms with E-state index in [-0.39, 0.29) is 63.7 Å². The van der Waals surface area contributed by atoms with Crippen LogP contribution >= 0.6 is 0 Å². The van der Waals surface area contributed by atoms with E-state index in [9.17, 15) is 35.5 Å². The fourth-order valence-electron chi connectivity index (χ4n) is 23.9. The molecule has 3 aromatic carbocycles. The molecule has 4 aliphatic heterocycles. The third-order valence-electron chi connectivity index (χ3n) is 29.8. The number of H-pyrrole nitrogens is 3. The number of hydrogen-bond acceptors (Lipinski definition) is 13. The highest BCUT2D eigenvalue weighted by Gasteiger charge is 2.74. The number of benzene rings is 3. The highest BCUT2D eigenvalue weighted by Crippen LogP contribution is 2.73. The topological polar surface area (TPSA) is 247 Å². The molecular weight excluding hydrogens is 1240 g/mol. The van der Waals surface area contributed by atoms with Crippen LogP contribution in [0.5, 0.6) is 0 Å². The third-order valence-corrected chi connectivity index (χ3v) is 29.8. The maximum absolute atomic E-state index is 13.0. The first-order valence-corrected chi connectivity index (χ1v) is 36.3. The van der Waals surface area contributed by atoms with Crippen molar-refractivity contribution >= 4 is 49.9 Å². The molecule has 0 spiro atoms. The molecule has 0 unspecified atom stereocenters. The molecule has 18 atom stereocenters. The molecule has 9 N–H and O–H groups in total. The van der Waals surface area contributed by atoms with Crippen LogP contribution in [0.3, 0.4) is 0 Å². The third kappa shape index (κ3) is 8.24. The van der Waals surface area contributed by atoms with Crippen LogP contribution in [0.4, 0.5) is 4.70 Å². The summed E-state index contributed by atoms with van der Waals surface area (Å²) in [5.74, 6) is 1.22. The minimum atomic E-state index is -1.25. The zero-order valence-electron chi connectivity index (χ0n) is 59.0. The van der Waals surface area contributed by atoms with E-state index < -0.39 is 56.6 Å². The number of nitrogens with one attached hydrogen (secondary N) is 3. The van der Waals surface area contributed by atoms with Crippen LogP contribution in [-0.2, 0) is 59.4 Å². The van der Waals surface area contributed by atoms with Gasteiger partial charge in [0.25, 0.3) is 0 Å². The van der Waals surface area contributed by atoms with Crippen molar-refractivity contribution in [3.63, 3.8) is 0 Å². The number of nitrogens with zero attached hydrogens (tertiary/aromatic N) is 2. The van der Waals surface area contributed by atoms with E-state index in [0.29, 0.717) is 30.6 Å². The number of para-hydroxylation sites is 3. The lowest BCUT2D eigenvalue weighted by atomic mass is 9.42. The molecule has 0 saturated heterocycles. The zero-order chi connectivity index (χ0) is 68.2. The van der Waals surface area contributed by atoms with E-state index in [4.69, 9.17) is 19.0 Å². The van der Waals surface area contributed by atoms with Crippen molar-refractivity contribution in [2.24, 2.45) is 44.3 Å². The second-order valence-electron chi connectivity index (χ2n) is 35.0. The summed E-state index contributed by atoms with van der Waals surface area (Å²) in [5, 5.41) is 80.0. The van der Waals surface area contributed by atoms with Gasteiger partial charge in [-0.25, -0.2) is 0 Å². The number of fused-ring (bicyclic) bond motifs is 28. The van der Waals surface area contributed by atoms with Crippen LogP contribution in [0.25, 0.3) is 32.7 Å². The van der Waals surface area contributed by atoms with Gasteiger partial charge in [0, 0.05) is 83.7 Å². The molecule has 98 heavy (non-hydrogen) atoms. The van der Waals surface area contributed by atoms with Gasteiger partial charge in [0.2, 0.25) is 0 Å². The molecule has 0 bridgehead atoms. The normalized spacial score (nSPS) is 41.5. The number of rotatable bonds is 2. The van der Waals surface area contributed by atoms with Crippen molar-refractivity contribution < 1.29 is 60.7 Å². The highest BCUT2D eigenvalue weighted by molar-refractivity contribution is 6.02. The lowest BCUT2D eigenvalue weighted by molar-refractivity contribution is -0.195. The standard InChI is InChI=1S/C27H34N2O4.C27H32N2O3.C27H33NO4.FH.H2/c1-24(2,30)23-20(29-32)14-18-21(33-23)10-11-25(3)26(4)15(9-12-27(18,25)31)13-17-16-7-5-6-8-19(16)28-22(17)26;1-24(2)23-20(29-32-24)14-18-21(31-23)10-11-25(3)26(4)15(9-12-27(18,25)30)13-17-16-7-5-6-8-19(16)28-22(17)26;1-24(2,30)23-20(29)14-18-21(32-23)10-11-25(3)26(4)15(9-12-27(18,25)31)13-17-16-7-5-6-8-19(16)28-22(17)26;;/h5-8,14-15,21,23,28,30-32H,9-13H2,1-4H3;5-8,14-15,21,23,28,30H,9-13H2,1-4H3;5-8,14-15,21,23,28,30-31H,9-13H2,1-4H3;2*1H/t3*15-,21-,23-,25+,26+,27+;;/m000../s1/i;;;;1+2. The SMILES string of the molecule is CC(C)(O)[C@H]1O[C@H]2CC[C@@]3(C)[C@@](O)(CC[C@H]4Cc5c([nH]c6ccccc56)[C@@]43C)C2=CC1=NO.CC(C)(O)[C@H]1O[C@H]2CC[C@@]3(C)[C@@](O)(CC[C@H]4Cc5c([nH]c6ccccc56)[C@@]43C)C2=CC1=O.CC1(C)ON=C2C=C3[C@H](CC[C@@]4(C)[C@@]3(O)CC[C@H]3Cc5c([nH]c6ccccc56)[C@@]34C)O[C@@H]21.F.[3HH]. The maximum Gasteiger partial charge on any atom is 0.187 e. The minimum Gasteiger partial charge on any atom is -0.411 e. The molecule has 16 nitrogen and oxygen atoms in total. The Kier molecular flexibility index (Phi) is 14.3. The molecule has 19 rings (SSSR count). The number of carbonyl (C=O) groups excluding carboxylic acids is 1. The van der Waals surface area contributed by atoms with Crippen molar-refractivity contribution in [3.8, 4) is 0 Å². The number of carbonyl (C=O) groups is 1. The average molecular weight is 1340 g/mol. The number of hydrogen-bond donors (Lipinski definition) is 9. The first-order chi connectivity index (χ1) is 45.7. The van der Waals surface area contributed by atoms with Crippen molar-refractivity contribution in [2.75, 3.05) is 0 Å². The molecule has 17 heteroatoms. The van der Waals surface area contributed by atoms with Gasteiger partial charge >= 0.3 is 0 Å². The van der Waals surface area contributed by atoms with Crippen molar-refractivity contribution in [3.05, 3.63) is 142 Å². The van der Waals surface area contributed by atoms with Gasteiger partial charge in [-0.2, -0.15) is 0 Å². The molecule has 9 aliphatic carbocycles. The Hall–Kier alpha value is -6.28. The molecule has 6 saturated carbocycles. The molecule has 0 radical (unpaired) electrons. The number of aliphatic hydroxyl groups is 5. The molecule has 524 valence electrons. The molecule has 0 amide bonds. The van der Waals surface area contributed by atoms with E-state index in [2.05, 4.69) is 146 Å². The van der Waals surface area contributed by atoms with Gasteiger partial charge in [0.05, 0.1) is 46.3 Å². The lowest BCUT2D eigenvalue weighted by Gasteiger charge is -2.64. The smallest absolute Gasteiger partial charge is 0.187 e. The summed E-state index contributed by atoms with van der Waals surface area (Å²) in [6, 6.07) is 25.7. The second kappa shape index (κ2) is 21.2. The number of halogens is 1. The van der Waals surface area contributed by atoms with Gasteiger partial charge in [-0.15, -0.1) is 0 Å². The predicted octanol–water partition coefficient (Wildman–Crippen LogP) is 13.4. The van der Waals surface area contributed by atoms with E-state index in [0.717, 1.165) is 117 Å². The summed E-state index contributed by atoms with van der Waals surface area (Å²) in [6.07, 6.45) is 16.1. The first-order valence-electron chi connectivity index (χ1n) is 36.3. The monoisotopic (exact) mass is 1340 g/mol. The Morgan fingerprint density at radius 3 is 1.24 bits per heavy atom. The van der Waals surface area contributed by atoms with Crippen LogP contribution in [0.1, 0.15) is 195 Å². The number of ketones is 1. The summed E-state index contributed by atoms with van der Waals surface area (Å²) < 4.78 is 19.0. The van der Waals surface area contributed by atoms with Gasteiger partial charge in [-0.1, -0.05) is 106 Å². The highest BCUT2D eigenvalue weighted by atomic mass is 19.0. The van der Waals surface area contributed by atoms with Gasteiger partial charge in [0.15, 0.2) is 11.4 Å². The van der Waals surface area contributed by atoms with Crippen molar-refractivity contribution in [2.45, 2.75) is 266 Å². The Morgan fingerprint density at radius 2 is 0.857 bits per heavy atom. The lowest BCUT2D eigenvalue weighted by Crippen LogP contribution is -2.68. The van der Waals surface area contributed by atoms with Gasteiger partial charge in [-0.3, -0.25) is 9.50 Å². The quantitative estimate of drug-likeness (QED) is 0.0583. The Morgan fingerprint density at radius 1 is 0.500 bits per heavy atom. The summed E-state index contributed by atoms with van der Waals surface area (Å²) >= 11 is 0. The largest absolute Gasteiger partial charge is 0.411 e. The van der Waals surface area contributed by atoms with E-state index in [1.165, 1.54) is 55.4 Å². The molecule has 6 aromatic rings. The molecule has 13 aliphatic rings. The van der Waals surface area contributed by atoms with Crippen molar-refractivity contribution in [1.82, 2.24) is 15.0 Å². The van der Waals surface area contributed by atoms with Crippen LogP contribution in [0, 0.1) is 34.0 Å². The fraction of sp³-hybridized carbons (Fsp3) is 0.593. The molecule has 7 heterocycles. The Bertz CT molecular complexity index is 4500. The maximum atomic E-state index is 13.0. The Labute approximate surface area is 574 Å².